The van der Waals surface area contributed by atoms with Crippen LogP contribution in [0.25, 0.3) is 10.9 Å². The number of aromatic nitrogens is 2. The van der Waals surface area contributed by atoms with Gasteiger partial charge in [-0.3, -0.25) is 9.78 Å². The van der Waals surface area contributed by atoms with Crippen molar-refractivity contribution < 1.29 is 9.53 Å². The van der Waals surface area contributed by atoms with Crippen molar-refractivity contribution in [1.82, 2.24) is 9.97 Å². The highest BCUT2D eigenvalue weighted by molar-refractivity contribution is 5.93. The van der Waals surface area contributed by atoms with Gasteiger partial charge in [-0.05, 0) is 54.4 Å². The molecule has 0 saturated heterocycles. The summed E-state index contributed by atoms with van der Waals surface area (Å²) in [5.41, 5.74) is 3.71. The molecule has 0 spiro atoms. The molecule has 2 heterocycles. The molecule has 34 heavy (non-hydrogen) atoms. The number of carbonyl (C=O) groups is 1. The molecule has 5 heteroatoms. The average Bonchev–Trinajstić information content (AvgIpc) is 2.89. The number of ether oxygens (including phenoxy) is 1. The number of para-hydroxylation sites is 1. The van der Waals surface area contributed by atoms with Gasteiger partial charge in [0.25, 0.3) is 0 Å². The van der Waals surface area contributed by atoms with E-state index in [4.69, 9.17) is 4.74 Å². The zero-order valence-corrected chi connectivity index (χ0v) is 19.7. The molecule has 0 aliphatic heterocycles. The molecule has 0 aliphatic carbocycles. The third kappa shape index (κ3) is 6.41. The van der Waals surface area contributed by atoms with Crippen LogP contribution in [0.4, 0.5) is 5.69 Å². The summed E-state index contributed by atoms with van der Waals surface area (Å²) in [6.45, 7) is 3.07. The molecule has 0 bridgehead atoms. The zero-order chi connectivity index (χ0) is 23.6. The van der Waals surface area contributed by atoms with Crippen LogP contribution in [0.1, 0.15) is 50.3 Å². The van der Waals surface area contributed by atoms with Gasteiger partial charge in [-0.15, -0.1) is 0 Å². The number of carbonyl (C=O) groups excluding carboxylic acids is 1. The maximum Gasteiger partial charge on any atom is 0.227 e. The first-order chi connectivity index (χ1) is 16.7. The molecule has 5 nitrogen and oxygen atoms in total. The van der Waals surface area contributed by atoms with E-state index >= 15 is 0 Å². The minimum Gasteiger partial charge on any atom is -0.487 e. The van der Waals surface area contributed by atoms with E-state index in [9.17, 15) is 4.79 Å². The average molecular weight is 454 g/mol. The summed E-state index contributed by atoms with van der Waals surface area (Å²) in [6.07, 6.45) is 8.42. The molecule has 0 atom stereocenters. The van der Waals surface area contributed by atoms with Crippen LogP contribution in [0.5, 0.6) is 5.75 Å². The molecule has 0 radical (unpaired) electrons. The Morgan fingerprint density at radius 2 is 1.76 bits per heavy atom. The molecule has 1 amide bonds. The number of rotatable bonds is 11. The van der Waals surface area contributed by atoms with Gasteiger partial charge in [0.1, 0.15) is 12.4 Å². The van der Waals surface area contributed by atoms with Gasteiger partial charge in [-0.1, -0.05) is 56.5 Å². The molecule has 4 rings (SSSR count). The summed E-state index contributed by atoms with van der Waals surface area (Å²) in [7, 11) is 0. The molecule has 2 aromatic heterocycles. The summed E-state index contributed by atoms with van der Waals surface area (Å²) in [5.74, 6) is 0.879. The smallest absolute Gasteiger partial charge is 0.227 e. The summed E-state index contributed by atoms with van der Waals surface area (Å²) in [4.78, 5) is 23.8. The van der Waals surface area contributed by atoms with E-state index in [2.05, 4.69) is 23.0 Å². The van der Waals surface area contributed by atoms with E-state index in [1.807, 2.05) is 77.8 Å². The fraction of sp³-hybridized carbons (Fsp3) is 0.276. The minimum absolute atomic E-state index is 0.133. The van der Waals surface area contributed by atoms with E-state index in [1.54, 1.807) is 6.20 Å². The van der Waals surface area contributed by atoms with Crippen molar-refractivity contribution in [2.45, 2.75) is 52.2 Å². The van der Waals surface area contributed by atoms with Crippen molar-refractivity contribution in [1.29, 1.82) is 0 Å². The normalized spacial score (nSPS) is 10.9. The van der Waals surface area contributed by atoms with Crippen LogP contribution in [0.15, 0.2) is 85.2 Å². The number of pyridine rings is 2. The van der Waals surface area contributed by atoms with E-state index in [-0.39, 0.29) is 5.91 Å². The third-order valence-electron chi connectivity index (χ3n) is 5.80. The van der Waals surface area contributed by atoms with Crippen molar-refractivity contribution in [2.24, 2.45) is 0 Å². The highest BCUT2D eigenvalue weighted by Crippen LogP contribution is 2.24. The Hall–Kier alpha value is -3.73. The highest BCUT2D eigenvalue weighted by Gasteiger charge is 2.16. The molecule has 174 valence electrons. The van der Waals surface area contributed by atoms with E-state index < -0.39 is 0 Å². The van der Waals surface area contributed by atoms with Crippen molar-refractivity contribution in [2.75, 3.05) is 4.90 Å². The van der Waals surface area contributed by atoms with Gasteiger partial charge in [-0.25, -0.2) is 4.98 Å². The molecule has 0 N–H and O–H groups in total. The lowest BCUT2D eigenvalue weighted by atomic mass is 10.1. The predicted octanol–water partition coefficient (Wildman–Crippen LogP) is 6.71. The number of nitrogens with zero attached hydrogens (tertiary/aromatic N) is 3. The summed E-state index contributed by atoms with van der Waals surface area (Å²) in [5, 5.41) is 1.11. The predicted molar refractivity (Wildman–Crippen MR) is 137 cm³/mol. The lowest BCUT2D eigenvalue weighted by molar-refractivity contribution is -0.118. The number of benzene rings is 2. The van der Waals surface area contributed by atoms with Crippen molar-refractivity contribution in [3.05, 3.63) is 96.4 Å². The lowest BCUT2D eigenvalue weighted by Gasteiger charge is -2.23. The van der Waals surface area contributed by atoms with Crippen molar-refractivity contribution >= 4 is 22.5 Å². The second kappa shape index (κ2) is 11.9. The standard InChI is InChI=1S/C29H31N3O2/c1-2-3-4-5-12-29(33)32(21-23-9-8-19-30-20-23)26-15-17-27(18-16-26)34-22-25-14-13-24-10-6-7-11-28(24)31-25/h6-11,13-20H,2-5,12,21-22H2,1H3. The third-order valence-corrected chi connectivity index (χ3v) is 5.80. The van der Waals surface area contributed by atoms with Gasteiger partial charge >= 0.3 is 0 Å². The van der Waals surface area contributed by atoms with Gasteiger partial charge in [0.05, 0.1) is 17.8 Å². The minimum atomic E-state index is 0.133. The number of hydrogen-bond donors (Lipinski definition) is 0. The first-order valence-electron chi connectivity index (χ1n) is 12.0. The Bertz CT molecular complexity index is 1190. The van der Waals surface area contributed by atoms with Gasteiger partial charge in [0.2, 0.25) is 5.91 Å². The molecule has 4 aromatic rings. The monoisotopic (exact) mass is 453 g/mol. The Balaban J connectivity index is 1.43. The van der Waals surface area contributed by atoms with Crippen LogP contribution < -0.4 is 9.64 Å². The van der Waals surface area contributed by atoms with E-state index in [0.29, 0.717) is 19.6 Å². The van der Waals surface area contributed by atoms with Gasteiger partial charge in [-0.2, -0.15) is 0 Å². The summed E-state index contributed by atoms with van der Waals surface area (Å²) < 4.78 is 5.97. The van der Waals surface area contributed by atoms with Crippen LogP contribution in [0.2, 0.25) is 0 Å². The Kier molecular flexibility index (Phi) is 8.22. The molecule has 2 aromatic carbocycles. The summed E-state index contributed by atoms with van der Waals surface area (Å²) in [6, 6.07) is 23.7. The Morgan fingerprint density at radius 1 is 0.912 bits per heavy atom. The van der Waals surface area contributed by atoms with Crippen LogP contribution in [0.3, 0.4) is 0 Å². The number of fused-ring (bicyclic) bond motifs is 1. The van der Waals surface area contributed by atoms with Crippen LogP contribution in [-0.2, 0) is 17.9 Å². The maximum absolute atomic E-state index is 13.1. The van der Waals surface area contributed by atoms with Crippen LogP contribution in [0, 0.1) is 0 Å². The number of unbranched alkanes of at least 4 members (excludes halogenated alkanes) is 3. The first kappa shape index (κ1) is 23.4. The fourth-order valence-corrected chi connectivity index (χ4v) is 3.90. The number of anilines is 1. The number of amides is 1. The van der Waals surface area contributed by atoms with Crippen molar-refractivity contribution in [3.8, 4) is 5.75 Å². The lowest BCUT2D eigenvalue weighted by Crippen LogP contribution is -2.30. The highest BCUT2D eigenvalue weighted by atomic mass is 16.5. The molecule has 0 aliphatic rings. The zero-order valence-electron chi connectivity index (χ0n) is 19.7. The fourth-order valence-electron chi connectivity index (χ4n) is 3.90. The van der Waals surface area contributed by atoms with Crippen LogP contribution in [-0.4, -0.2) is 15.9 Å². The Morgan fingerprint density at radius 3 is 2.56 bits per heavy atom. The molecule has 0 unspecified atom stereocenters. The topological polar surface area (TPSA) is 55.3 Å². The second-order valence-electron chi connectivity index (χ2n) is 8.43. The molecule has 0 fully saturated rings. The largest absolute Gasteiger partial charge is 0.487 e. The quantitative estimate of drug-likeness (QED) is 0.237. The van der Waals surface area contributed by atoms with Gasteiger partial charge in [0, 0.05) is 29.9 Å². The maximum atomic E-state index is 13.1. The van der Waals surface area contributed by atoms with E-state index in [0.717, 1.165) is 59.3 Å². The second-order valence-corrected chi connectivity index (χ2v) is 8.43. The van der Waals surface area contributed by atoms with E-state index in [1.165, 1.54) is 0 Å². The molecular formula is C29H31N3O2. The van der Waals surface area contributed by atoms with Gasteiger partial charge < -0.3 is 9.64 Å². The van der Waals surface area contributed by atoms with Crippen LogP contribution >= 0.6 is 0 Å². The number of hydrogen-bond acceptors (Lipinski definition) is 4. The van der Waals surface area contributed by atoms with Gasteiger partial charge in [0.15, 0.2) is 0 Å². The Labute approximate surface area is 201 Å². The summed E-state index contributed by atoms with van der Waals surface area (Å²) >= 11 is 0. The SMILES string of the molecule is CCCCCCC(=O)N(Cc1cccnc1)c1ccc(OCc2ccc3ccccc3n2)cc1. The van der Waals surface area contributed by atoms with Crippen molar-refractivity contribution in [3.63, 3.8) is 0 Å². The first-order valence-corrected chi connectivity index (χ1v) is 12.0. The molecular weight excluding hydrogens is 422 g/mol. The molecule has 0 saturated carbocycles.